The van der Waals surface area contributed by atoms with Gasteiger partial charge in [0.2, 0.25) is 5.01 Å². The number of hydrogen-bond acceptors (Lipinski definition) is 6. The van der Waals surface area contributed by atoms with Gasteiger partial charge in [-0.3, -0.25) is 0 Å². The van der Waals surface area contributed by atoms with Crippen LogP contribution in [0.15, 0.2) is 29.4 Å². The molecule has 9 heteroatoms. The molecule has 0 saturated carbocycles. The van der Waals surface area contributed by atoms with Gasteiger partial charge in [-0.15, -0.1) is 5.10 Å². The van der Waals surface area contributed by atoms with Crippen molar-refractivity contribution in [3.05, 3.63) is 34.8 Å². The fourth-order valence-corrected chi connectivity index (χ4v) is 1.79. The topological polar surface area (TPSA) is 73.4 Å². The molecule has 100 valence electrons. The van der Waals surface area contributed by atoms with Gasteiger partial charge in [-0.2, -0.15) is 18.3 Å². The second-order valence-electron chi connectivity index (χ2n) is 3.32. The molecule has 1 aromatic carbocycles. The van der Waals surface area contributed by atoms with Crippen LogP contribution in [-0.4, -0.2) is 16.4 Å². The number of alkyl halides is 3. The lowest BCUT2D eigenvalue weighted by molar-refractivity contribution is -0.138. The lowest BCUT2D eigenvalue weighted by atomic mass is 10.2. The summed E-state index contributed by atoms with van der Waals surface area (Å²) in [5.74, 6) is 5.32. The lowest BCUT2D eigenvalue weighted by Gasteiger charge is -2.01. The van der Waals surface area contributed by atoms with Crippen molar-refractivity contribution in [2.45, 2.75) is 6.18 Å². The van der Waals surface area contributed by atoms with E-state index in [0.29, 0.717) is 22.6 Å². The first-order valence-corrected chi connectivity index (χ1v) is 5.72. The Hall–Kier alpha value is -2.16. The van der Waals surface area contributed by atoms with Gasteiger partial charge >= 0.3 is 6.18 Å². The van der Waals surface area contributed by atoms with Crippen LogP contribution in [0.5, 0.6) is 10.9 Å². The van der Waals surface area contributed by atoms with Crippen LogP contribution in [0.25, 0.3) is 0 Å². The van der Waals surface area contributed by atoms with Crippen molar-refractivity contribution in [2.75, 3.05) is 0 Å². The molecule has 2 rings (SSSR count). The van der Waals surface area contributed by atoms with Gasteiger partial charge in [0.1, 0.15) is 5.75 Å². The summed E-state index contributed by atoms with van der Waals surface area (Å²) in [5, 5.41) is 8.43. The van der Waals surface area contributed by atoms with E-state index in [1.807, 2.05) is 0 Å². The number of aromatic nitrogens is 2. The van der Waals surface area contributed by atoms with Gasteiger partial charge in [-0.25, -0.2) is 0 Å². The van der Waals surface area contributed by atoms with Crippen LogP contribution in [0.2, 0.25) is 0 Å². The Morgan fingerprint density at radius 3 is 2.74 bits per heavy atom. The Bertz CT molecular complexity index is 596. The molecule has 0 bridgehead atoms. The Balaban J connectivity index is 2.17. The van der Waals surface area contributed by atoms with Gasteiger partial charge in [-0.05, 0) is 17.7 Å². The summed E-state index contributed by atoms with van der Waals surface area (Å²) in [6, 6.07) is 6.50. The number of halogens is 3. The molecule has 0 saturated heterocycles. The minimum Gasteiger partial charge on any atom is -0.430 e. The fourth-order valence-electron chi connectivity index (χ4n) is 1.21. The summed E-state index contributed by atoms with van der Waals surface area (Å²) >= 11 is 0.326. The summed E-state index contributed by atoms with van der Waals surface area (Å²) in [4.78, 5) is 0. The first-order chi connectivity index (χ1) is 8.99. The molecule has 0 unspecified atom stereocenters. The third-order valence-electron chi connectivity index (χ3n) is 1.94. The highest BCUT2D eigenvalue weighted by molar-refractivity contribution is 7.13. The zero-order valence-electron chi connectivity index (χ0n) is 9.26. The van der Waals surface area contributed by atoms with Gasteiger partial charge in [0.05, 0.1) is 6.21 Å². The Labute approximate surface area is 109 Å². The normalized spacial score (nSPS) is 11.9. The van der Waals surface area contributed by atoms with Crippen molar-refractivity contribution in [1.29, 1.82) is 0 Å². The Morgan fingerprint density at radius 2 is 2.11 bits per heavy atom. The van der Waals surface area contributed by atoms with E-state index in [4.69, 9.17) is 10.6 Å². The number of ether oxygens (including phenoxy) is 1. The van der Waals surface area contributed by atoms with Crippen LogP contribution in [0.1, 0.15) is 10.6 Å². The molecule has 2 aromatic rings. The predicted octanol–water partition coefficient (Wildman–Crippen LogP) is 2.64. The van der Waals surface area contributed by atoms with E-state index in [0.717, 1.165) is 0 Å². The van der Waals surface area contributed by atoms with Crippen molar-refractivity contribution >= 4 is 17.6 Å². The highest BCUT2D eigenvalue weighted by Crippen LogP contribution is 2.35. The van der Waals surface area contributed by atoms with Gasteiger partial charge in [-0.1, -0.05) is 28.6 Å². The van der Waals surface area contributed by atoms with Crippen LogP contribution in [0.4, 0.5) is 13.2 Å². The van der Waals surface area contributed by atoms with E-state index >= 15 is 0 Å². The molecule has 0 amide bonds. The molecule has 0 fully saturated rings. The molecule has 0 radical (unpaired) electrons. The van der Waals surface area contributed by atoms with Gasteiger partial charge in [0.15, 0.2) is 0 Å². The van der Waals surface area contributed by atoms with E-state index < -0.39 is 11.2 Å². The molecule has 0 atom stereocenters. The zero-order valence-corrected chi connectivity index (χ0v) is 10.1. The molecule has 0 aliphatic heterocycles. The smallest absolute Gasteiger partial charge is 0.430 e. The average Bonchev–Trinajstić information content (AvgIpc) is 2.78. The minimum atomic E-state index is -4.52. The van der Waals surface area contributed by atoms with Crippen LogP contribution in [0, 0.1) is 0 Å². The van der Waals surface area contributed by atoms with Crippen LogP contribution in [0.3, 0.4) is 0 Å². The highest BCUT2D eigenvalue weighted by Gasteiger charge is 2.36. The summed E-state index contributed by atoms with van der Waals surface area (Å²) in [7, 11) is 0. The molecule has 1 aromatic heterocycles. The standard InChI is InChI=1S/C10H7F3N4OS/c11-10(12,13)8-16-17-9(19-8)18-7-3-1-2-6(4-7)5-15-14/h1-5H,14H2. The molecule has 5 nitrogen and oxygen atoms in total. The summed E-state index contributed by atoms with van der Waals surface area (Å²) in [5.41, 5.74) is 0.653. The molecule has 0 aliphatic carbocycles. The number of nitrogens with two attached hydrogens (primary N) is 1. The maximum absolute atomic E-state index is 12.3. The van der Waals surface area contributed by atoms with Gasteiger partial charge in [0, 0.05) is 0 Å². The predicted molar refractivity (Wildman–Crippen MR) is 63.2 cm³/mol. The van der Waals surface area contributed by atoms with Gasteiger partial charge < -0.3 is 10.6 Å². The lowest BCUT2D eigenvalue weighted by Crippen LogP contribution is -2.03. The molecule has 0 spiro atoms. The maximum atomic E-state index is 12.3. The van der Waals surface area contributed by atoms with Crippen LogP contribution < -0.4 is 10.6 Å². The van der Waals surface area contributed by atoms with E-state index in [-0.39, 0.29) is 5.19 Å². The second-order valence-corrected chi connectivity index (χ2v) is 4.26. The molecule has 2 N–H and O–H groups in total. The second kappa shape index (κ2) is 5.22. The van der Waals surface area contributed by atoms with Crippen LogP contribution >= 0.6 is 11.3 Å². The maximum Gasteiger partial charge on any atom is 0.445 e. The third-order valence-corrected chi connectivity index (χ3v) is 2.78. The first kappa shape index (κ1) is 13.3. The Kier molecular flexibility index (Phi) is 3.65. The van der Waals surface area contributed by atoms with Crippen molar-refractivity contribution < 1.29 is 17.9 Å². The molecule has 19 heavy (non-hydrogen) atoms. The van der Waals surface area contributed by atoms with Crippen LogP contribution in [-0.2, 0) is 6.18 Å². The summed E-state index contributed by atoms with van der Waals surface area (Å²) < 4.78 is 42.2. The van der Waals surface area contributed by atoms with Gasteiger partial charge in [0.25, 0.3) is 5.19 Å². The molecular weight excluding hydrogens is 281 g/mol. The van der Waals surface area contributed by atoms with E-state index in [9.17, 15) is 13.2 Å². The molecular formula is C10H7F3N4OS. The van der Waals surface area contributed by atoms with Crippen molar-refractivity contribution in [2.24, 2.45) is 10.9 Å². The number of rotatable bonds is 3. The number of hydrazone groups is 1. The number of nitrogens with zero attached hydrogens (tertiary/aromatic N) is 3. The molecule has 1 heterocycles. The van der Waals surface area contributed by atoms with Crippen molar-refractivity contribution in [3.8, 4) is 10.9 Å². The quantitative estimate of drug-likeness (QED) is 0.535. The minimum absolute atomic E-state index is 0.186. The third kappa shape index (κ3) is 3.41. The monoisotopic (exact) mass is 288 g/mol. The highest BCUT2D eigenvalue weighted by atomic mass is 32.1. The van der Waals surface area contributed by atoms with Crippen molar-refractivity contribution in [1.82, 2.24) is 10.2 Å². The summed E-state index contributed by atoms with van der Waals surface area (Å²) in [6.45, 7) is 0. The molecule has 0 aliphatic rings. The zero-order chi connectivity index (χ0) is 13.9. The SMILES string of the molecule is NN=Cc1cccc(Oc2nnc(C(F)(F)F)s2)c1. The van der Waals surface area contributed by atoms with E-state index in [2.05, 4.69) is 15.3 Å². The van der Waals surface area contributed by atoms with E-state index in [1.54, 1.807) is 24.3 Å². The largest absolute Gasteiger partial charge is 0.445 e. The number of benzene rings is 1. The summed E-state index contributed by atoms with van der Waals surface area (Å²) in [6.07, 6.45) is -3.14. The average molecular weight is 288 g/mol. The van der Waals surface area contributed by atoms with Crippen molar-refractivity contribution in [3.63, 3.8) is 0 Å². The number of hydrogen-bond donors (Lipinski definition) is 1. The Morgan fingerprint density at radius 1 is 1.32 bits per heavy atom. The fraction of sp³-hybridized carbons (Fsp3) is 0.100. The first-order valence-electron chi connectivity index (χ1n) is 4.91. The van der Waals surface area contributed by atoms with E-state index in [1.165, 1.54) is 6.21 Å².